The van der Waals surface area contributed by atoms with E-state index in [2.05, 4.69) is 37.3 Å². The van der Waals surface area contributed by atoms with Crippen LogP contribution in [0.3, 0.4) is 0 Å². The van der Waals surface area contributed by atoms with Crippen molar-refractivity contribution < 1.29 is 4.79 Å². The molecule has 4 aromatic heterocycles. The van der Waals surface area contributed by atoms with Crippen molar-refractivity contribution in [2.24, 2.45) is 0 Å². The molecule has 1 amide bonds. The first kappa shape index (κ1) is 22.9. The third-order valence-electron chi connectivity index (χ3n) is 6.10. The smallest absolute Gasteiger partial charge is 0.253 e. The van der Waals surface area contributed by atoms with Crippen LogP contribution in [0, 0.1) is 6.92 Å². The van der Waals surface area contributed by atoms with Crippen LogP contribution in [0.5, 0.6) is 0 Å². The van der Waals surface area contributed by atoms with Gasteiger partial charge in [0.15, 0.2) is 0 Å². The van der Waals surface area contributed by atoms with E-state index in [4.69, 9.17) is 4.98 Å². The number of carbonyl (C=O) groups excluding carboxylic acids is 1. The van der Waals surface area contributed by atoms with Gasteiger partial charge in [-0.15, -0.1) is 11.3 Å². The lowest BCUT2D eigenvalue weighted by Crippen LogP contribution is -2.32. The van der Waals surface area contributed by atoms with Crippen LogP contribution in [-0.2, 0) is 19.5 Å². The second kappa shape index (κ2) is 9.79. The van der Waals surface area contributed by atoms with E-state index in [1.54, 1.807) is 17.9 Å². The van der Waals surface area contributed by atoms with Crippen LogP contribution < -0.4 is 15.1 Å². The fourth-order valence-corrected chi connectivity index (χ4v) is 4.74. The predicted molar refractivity (Wildman–Crippen MR) is 139 cm³/mol. The zero-order chi connectivity index (χ0) is 24.4. The van der Waals surface area contributed by atoms with Gasteiger partial charge in [0.05, 0.1) is 17.6 Å². The molecule has 1 aliphatic heterocycles. The number of carbonyl (C=O) groups is 1. The number of hydrogen-bond acceptors (Lipinski definition) is 8. The van der Waals surface area contributed by atoms with Crippen molar-refractivity contribution in [2.45, 2.75) is 26.4 Å². The first-order valence-corrected chi connectivity index (χ1v) is 12.3. The molecule has 4 aromatic rings. The number of pyridine rings is 3. The number of anilines is 2. The summed E-state index contributed by atoms with van der Waals surface area (Å²) in [7, 11) is 3.96. The van der Waals surface area contributed by atoms with Crippen LogP contribution in [0.4, 0.5) is 11.6 Å². The van der Waals surface area contributed by atoms with Gasteiger partial charge in [-0.05, 0) is 42.3 Å². The molecule has 5 heterocycles. The molecule has 0 saturated carbocycles. The molecule has 35 heavy (non-hydrogen) atoms. The van der Waals surface area contributed by atoms with E-state index in [-0.39, 0.29) is 5.91 Å². The quantitative estimate of drug-likeness (QED) is 0.444. The number of nitrogens with one attached hydrogen (secondary N) is 1. The third-order valence-corrected chi connectivity index (χ3v) is 6.88. The molecule has 0 aromatic carbocycles. The topological polar surface area (TPSA) is 87.1 Å². The minimum atomic E-state index is -0.132. The van der Waals surface area contributed by atoms with Gasteiger partial charge >= 0.3 is 0 Å². The summed E-state index contributed by atoms with van der Waals surface area (Å²) in [6, 6.07) is 8.21. The number of aromatic nitrogens is 4. The Hall–Kier alpha value is -3.85. The van der Waals surface area contributed by atoms with Gasteiger partial charge in [-0.3, -0.25) is 14.8 Å². The van der Waals surface area contributed by atoms with Crippen molar-refractivity contribution in [3.63, 3.8) is 0 Å². The predicted octanol–water partition coefficient (Wildman–Crippen LogP) is 3.86. The molecule has 0 radical (unpaired) electrons. The molecule has 5 rings (SSSR count). The van der Waals surface area contributed by atoms with Gasteiger partial charge in [0.1, 0.15) is 11.6 Å². The van der Waals surface area contributed by atoms with Gasteiger partial charge in [-0.1, -0.05) is 0 Å². The van der Waals surface area contributed by atoms with Crippen molar-refractivity contribution in [3.05, 3.63) is 81.8 Å². The average Bonchev–Trinajstić information content (AvgIpc) is 3.40. The Kier molecular flexibility index (Phi) is 6.41. The van der Waals surface area contributed by atoms with Gasteiger partial charge in [0.25, 0.3) is 5.91 Å². The number of amides is 1. The Morgan fingerprint density at radius 2 is 1.94 bits per heavy atom. The van der Waals surface area contributed by atoms with Gasteiger partial charge in [0.2, 0.25) is 0 Å². The molecule has 0 spiro atoms. The van der Waals surface area contributed by atoms with Crippen molar-refractivity contribution >= 4 is 28.9 Å². The molecule has 0 fully saturated rings. The number of nitrogens with zero attached hydrogens (tertiary/aromatic N) is 6. The standard InChI is InChI=1S/C26H27N7OS/c1-17-8-20(26(34)31-14-22-13-27-16-35-22)12-30-25(17)33-7-6-23-21(15-33)9-19(11-28-23)18-4-5-24(29-10-18)32(2)3/h4-5,8-13,16H,6-7,14-15H2,1-3H3,(H,31,34). The molecule has 0 saturated heterocycles. The summed E-state index contributed by atoms with van der Waals surface area (Å²) in [5, 5.41) is 2.93. The van der Waals surface area contributed by atoms with Gasteiger partial charge < -0.3 is 15.1 Å². The highest BCUT2D eigenvalue weighted by molar-refractivity contribution is 7.09. The van der Waals surface area contributed by atoms with E-state index in [0.29, 0.717) is 12.1 Å². The lowest BCUT2D eigenvalue weighted by atomic mass is 10.0. The first-order chi connectivity index (χ1) is 17.0. The fraction of sp³-hybridized carbons (Fsp3) is 0.269. The lowest BCUT2D eigenvalue weighted by Gasteiger charge is -2.30. The Morgan fingerprint density at radius 1 is 1.09 bits per heavy atom. The Balaban J connectivity index is 1.31. The largest absolute Gasteiger partial charge is 0.363 e. The Morgan fingerprint density at radius 3 is 2.66 bits per heavy atom. The number of rotatable bonds is 6. The SMILES string of the molecule is Cc1cc(C(=O)NCc2cncs2)cnc1N1CCc2ncc(-c3ccc(N(C)C)nc3)cc2C1. The minimum absolute atomic E-state index is 0.132. The van der Waals surface area contributed by atoms with Crippen LogP contribution in [-0.4, -0.2) is 46.5 Å². The molecule has 0 unspecified atom stereocenters. The molecule has 1 N–H and O–H groups in total. The van der Waals surface area contributed by atoms with Crippen molar-refractivity contribution in [3.8, 4) is 11.1 Å². The van der Waals surface area contributed by atoms with E-state index in [0.717, 1.165) is 58.4 Å². The van der Waals surface area contributed by atoms with E-state index in [9.17, 15) is 4.79 Å². The molecule has 9 heteroatoms. The molecular weight excluding hydrogens is 458 g/mol. The lowest BCUT2D eigenvalue weighted by molar-refractivity contribution is 0.0951. The van der Waals surface area contributed by atoms with Gasteiger partial charge in [-0.25, -0.2) is 9.97 Å². The molecule has 1 aliphatic rings. The fourth-order valence-electron chi connectivity index (χ4n) is 4.21. The highest BCUT2D eigenvalue weighted by atomic mass is 32.1. The molecule has 0 atom stereocenters. The van der Waals surface area contributed by atoms with E-state index in [1.807, 2.05) is 50.4 Å². The Bertz CT molecular complexity index is 1340. The average molecular weight is 486 g/mol. The maximum absolute atomic E-state index is 12.6. The van der Waals surface area contributed by atoms with Gasteiger partial charge in [0, 0.05) is 80.1 Å². The van der Waals surface area contributed by atoms with Crippen LogP contribution >= 0.6 is 11.3 Å². The van der Waals surface area contributed by atoms with Crippen LogP contribution in [0.15, 0.2) is 54.6 Å². The minimum Gasteiger partial charge on any atom is -0.363 e. The molecule has 8 nitrogen and oxygen atoms in total. The monoisotopic (exact) mass is 485 g/mol. The summed E-state index contributed by atoms with van der Waals surface area (Å²) >= 11 is 1.52. The highest BCUT2D eigenvalue weighted by Gasteiger charge is 2.21. The van der Waals surface area contributed by atoms with Crippen molar-refractivity contribution in [1.29, 1.82) is 0 Å². The normalized spacial score (nSPS) is 12.8. The molecule has 0 aliphatic carbocycles. The van der Waals surface area contributed by atoms with Crippen molar-refractivity contribution in [2.75, 3.05) is 30.4 Å². The molecule has 178 valence electrons. The maximum atomic E-state index is 12.6. The summed E-state index contributed by atoms with van der Waals surface area (Å²) in [5.74, 6) is 1.69. The molecule has 0 bridgehead atoms. The van der Waals surface area contributed by atoms with Crippen molar-refractivity contribution in [1.82, 2.24) is 25.3 Å². The van der Waals surface area contributed by atoms with E-state index >= 15 is 0 Å². The summed E-state index contributed by atoms with van der Waals surface area (Å²) < 4.78 is 0. The van der Waals surface area contributed by atoms with E-state index < -0.39 is 0 Å². The van der Waals surface area contributed by atoms with Crippen LogP contribution in [0.2, 0.25) is 0 Å². The summed E-state index contributed by atoms with van der Waals surface area (Å²) in [5.41, 5.74) is 7.72. The van der Waals surface area contributed by atoms with Crippen LogP contribution in [0.1, 0.15) is 32.1 Å². The third kappa shape index (κ3) is 5.00. The summed E-state index contributed by atoms with van der Waals surface area (Å²) in [6.45, 7) is 4.04. The maximum Gasteiger partial charge on any atom is 0.253 e. The Labute approximate surface area is 208 Å². The highest BCUT2D eigenvalue weighted by Crippen LogP contribution is 2.28. The number of fused-ring (bicyclic) bond motifs is 1. The summed E-state index contributed by atoms with van der Waals surface area (Å²) in [6.07, 6.45) is 8.10. The van der Waals surface area contributed by atoms with E-state index in [1.165, 1.54) is 16.9 Å². The summed E-state index contributed by atoms with van der Waals surface area (Å²) in [4.78, 5) is 35.8. The first-order valence-electron chi connectivity index (χ1n) is 11.5. The molecular formula is C26H27N7OS. The second-order valence-corrected chi connectivity index (χ2v) is 9.79. The van der Waals surface area contributed by atoms with Crippen LogP contribution in [0.25, 0.3) is 11.1 Å². The number of aryl methyl sites for hydroxylation is 1. The number of thiazole rings is 1. The zero-order valence-electron chi connectivity index (χ0n) is 20.0. The zero-order valence-corrected chi connectivity index (χ0v) is 20.8. The number of hydrogen-bond donors (Lipinski definition) is 1. The second-order valence-electron chi connectivity index (χ2n) is 8.82. The van der Waals surface area contributed by atoms with Gasteiger partial charge in [-0.2, -0.15) is 0 Å².